The topological polar surface area (TPSA) is 139 Å². The van der Waals surface area contributed by atoms with Crippen LogP contribution in [0.15, 0.2) is 42.0 Å². The number of fused-ring (bicyclic) bond motifs is 5. The Hall–Kier alpha value is -4.16. The lowest BCUT2D eigenvalue weighted by molar-refractivity contribution is -0.120. The van der Waals surface area contributed by atoms with Gasteiger partial charge in [-0.2, -0.15) is 12.7 Å². The molecular formula is C32H39N5O6S. The zero-order chi connectivity index (χ0) is 31.6. The van der Waals surface area contributed by atoms with Crippen LogP contribution in [0.1, 0.15) is 66.4 Å². The van der Waals surface area contributed by atoms with Gasteiger partial charge in [-0.1, -0.05) is 25.3 Å². The number of carbonyl (C=O) groups is 3. The van der Waals surface area contributed by atoms with Crippen LogP contribution in [0.5, 0.6) is 5.75 Å². The van der Waals surface area contributed by atoms with Gasteiger partial charge >= 0.3 is 10.2 Å². The molecule has 0 atom stereocenters. The molecule has 3 N–H and O–H groups in total. The third-order valence-corrected chi connectivity index (χ3v) is 9.73. The van der Waals surface area contributed by atoms with Crippen LogP contribution in [0.2, 0.25) is 0 Å². The molecule has 0 unspecified atom stereocenters. The summed E-state index contributed by atoms with van der Waals surface area (Å²) >= 11 is 0. The van der Waals surface area contributed by atoms with E-state index < -0.39 is 16.1 Å². The van der Waals surface area contributed by atoms with Crippen molar-refractivity contribution in [2.45, 2.75) is 51.5 Å². The molecule has 2 heterocycles. The highest BCUT2D eigenvalue weighted by molar-refractivity contribution is 7.87. The smallest absolute Gasteiger partial charge is 0.303 e. The molecule has 1 aliphatic heterocycles. The maximum Gasteiger partial charge on any atom is 0.303 e. The first-order valence-corrected chi connectivity index (χ1v) is 16.3. The molecule has 2 aromatic carbocycles. The highest BCUT2D eigenvalue weighted by Gasteiger charge is 2.31. The van der Waals surface area contributed by atoms with Gasteiger partial charge in [0.2, 0.25) is 11.8 Å². The summed E-state index contributed by atoms with van der Waals surface area (Å²) in [5.74, 6) is -0.231. The van der Waals surface area contributed by atoms with Gasteiger partial charge < -0.3 is 19.9 Å². The standard InChI is InChI=1S/C32H39N5O6S/c1-20(38)33-14-15-34-31(39)24-16-23-17-25(43-4)11-13-26(23)30-29(21-8-6-5-7-9-21)27-12-10-22(18-28(27)37(30)19-24)32(40)35-44(41,42)36(2)3/h10-13,16-18,21H,5-9,14-15,19H2,1-4H3,(H,33,38)(H,34,39)(H,35,40). The lowest BCUT2D eigenvalue weighted by atomic mass is 9.81. The minimum atomic E-state index is -3.99. The zero-order valence-corrected chi connectivity index (χ0v) is 26.3. The molecule has 0 spiro atoms. The quantitative estimate of drug-likeness (QED) is 0.313. The Morgan fingerprint density at radius 1 is 0.977 bits per heavy atom. The molecule has 0 bridgehead atoms. The number of aromatic nitrogens is 1. The van der Waals surface area contributed by atoms with Gasteiger partial charge in [0, 0.05) is 61.7 Å². The maximum absolute atomic E-state index is 13.5. The van der Waals surface area contributed by atoms with E-state index in [0.717, 1.165) is 57.7 Å². The minimum Gasteiger partial charge on any atom is -0.497 e. The number of nitrogens with zero attached hydrogens (tertiary/aromatic N) is 2. The van der Waals surface area contributed by atoms with Gasteiger partial charge in [-0.15, -0.1) is 0 Å². The minimum absolute atomic E-state index is 0.175. The summed E-state index contributed by atoms with van der Waals surface area (Å²) in [6.45, 7) is 2.21. The van der Waals surface area contributed by atoms with Crippen molar-refractivity contribution in [2.75, 3.05) is 34.3 Å². The van der Waals surface area contributed by atoms with Crippen LogP contribution in [0.4, 0.5) is 0 Å². The predicted octanol–water partition coefficient (Wildman–Crippen LogP) is 3.55. The molecule has 3 aromatic rings. The number of hydrogen-bond acceptors (Lipinski definition) is 6. The lowest BCUT2D eigenvalue weighted by Gasteiger charge is -2.24. The summed E-state index contributed by atoms with van der Waals surface area (Å²) in [5.41, 5.74) is 5.40. The molecule has 2 aliphatic rings. The zero-order valence-electron chi connectivity index (χ0n) is 25.5. The van der Waals surface area contributed by atoms with Gasteiger partial charge in [-0.05, 0) is 66.3 Å². The van der Waals surface area contributed by atoms with Crippen molar-refractivity contribution in [3.05, 3.63) is 58.7 Å². The molecule has 1 aliphatic carbocycles. The number of ether oxygens (including phenoxy) is 1. The van der Waals surface area contributed by atoms with Crippen molar-refractivity contribution in [3.8, 4) is 17.0 Å². The Morgan fingerprint density at radius 3 is 2.39 bits per heavy atom. The number of amides is 3. The monoisotopic (exact) mass is 621 g/mol. The average molecular weight is 622 g/mol. The van der Waals surface area contributed by atoms with Crippen molar-refractivity contribution in [1.29, 1.82) is 0 Å². The van der Waals surface area contributed by atoms with Crippen LogP contribution in [0.3, 0.4) is 0 Å². The van der Waals surface area contributed by atoms with Crippen LogP contribution in [0.25, 0.3) is 28.2 Å². The predicted molar refractivity (Wildman–Crippen MR) is 169 cm³/mol. The fraction of sp³-hybridized carbons (Fsp3) is 0.406. The number of methoxy groups -OCH3 is 1. The van der Waals surface area contributed by atoms with Gasteiger partial charge in [0.25, 0.3) is 5.91 Å². The van der Waals surface area contributed by atoms with Crippen LogP contribution in [-0.4, -0.2) is 69.3 Å². The van der Waals surface area contributed by atoms with Gasteiger partial charge in [0.1, 0.15) is 5.75 Å². The highest BCUT2D eigenvalue weighted by Crippen LogP contribution is 2.47. The summed E-state index contributed by atoms with van der Waals surface area (Å²) in [6.07, 6.45) is 7.36. The summed E-state index contributed by atoms with van der Waals surface area (Å²) < 4.78 is 35.5. The molecule has 11 nitrogen and oxygen atoms in total. The van der Waals surface area contributed by atoms with Crippen molar-refractivity contribution in [3.63, 3.8) is 0 Å². The number of rotatable bonds is 9. The third kappa shape index (κ3) is 6.36. The number of hydrogen-bond donors (Lipinski definition) is 3. The van der Waals surface area contributed by atoms with Crippen LogP contribution in [-0.2, 0) is 26.3 Å². The summed E-state index contributed by atoms with van der Waals surface area (Å²) in [7, 11) is 0.314. The van der Waals surface area contributed by atoms with Crippen LogP contribution in [0, 0.1) is 0 Å². The number of benzene rings is 2. The summed E-state index contributed by atoms with van der Waals surface area (Å²) in [5, 5.41) is 6.58. The van der Waals surface area contributed by atoms with E-state index >= 15 is 0 Å². The summed E-state index contributed by atoms with van der Waals surface area (Å²) in [6, 6.07) is 11.1. The van der Waals surface area contributed by atoms with Crippen molar-refractivity contribution in [2.24, 2.45) is 0 Å². The molecule has 5 rings (SSSR count). The fourth-order valence-corrected chi connectivity index (χ4v) is 6.65. The van der Waals surface area contributed by atoms with Gasteiger partial charge in [0.05, 0.1) is 19.3 Å². The van der Waals surface area contributed by atoms with E-state index in [0.29, 0.717) is 23.8 Å². The fourth-order valence-electron chi connectivity index (χ4n) is 6.12. The number of nitrogens with one attached hydrogen (secondary N) is 3. The van der Waals surface area contributed by atoms with Crippen molar-refractivity contribution in [1.82, 2.24) is 24.2 Å². The van der Waals surface area contributed by atoms with E-state index in [-0.39, 0.29) is 30.5 Å². The van der Waals surface area contributed by atoms with Crippen molar-refractivity contribution >= 4 is 44.9 Å². The maximum atomic E-state index is 13.5. The molecule has 44 heavy (non-hydrogen) atoms. The molecule has 0 saturated heterocycles. The van der Waals surface area contributed by atoms with E-state index in [1.54, 1.807) is 19.2 Å². The molecule has 0 radical (unpaired) electrons. The van der Waals surface area contributed by atoms with E-state index in [2.05, 4.69) is 19.9 Å². The molecule has 3 amide bonds. The molecular weight excluding hydrogens is 582 g/mol. The summed E-state index contributed by atoms with van der Waals surface area (Å²) in [4.78, 5) is 38.0. The number of carbonyl (C=O) groups excluding carboxylic acids is 3. The molecule has 1 saturated carbocycles. The van der Waals surface area contributed by atoms with Gasteiger partial charge in [-0.25, -0.2) is 4.72 Å². The Bertz CT molecular complexity index is 1750. The average Bonchev–Trinajstić information content (AvgIpc) is 3.21. The molecule has 234 valence electrons. The third-order valence-electron chi connectivity index (χ3n) is 8.33. The second-order valence-corrected chi connectivity index (χ2v) is 13.4. The highest BCUT2D eigenvalue weighted by atomic mass is 32.2. The molecule has 1 aromatic heterocycles. The van der Waals surface area contributed by atoms with Gasteiger partial charge in [0.15, 0.2) is 0 Å². The lowest BCUT2D eigenvalue weighted by Crippen LogP contribution is -2.39. The SMILES string of the molecule is COc1ccc2c(c1)C=C(C(=O)NCCNC(C)=O)Cn1c-2c(C2CCCCC2)c2ccc(C(=O)NS(=O)(=O)N(C)C)cc21. The Kier molecular flexibility index (Phi) is 9.12. The normalized spacial score (nSPS) is 15.2. The second kappa shape index (κ2) is 12.8. The second-order valence-electron chi connectivity index (χ2n) is 11.5. The van der Waals surface area contributed by atoms with E-state index in [9.17, 15) is 22.8 Å². The van der Waals surface area contributed by atoms with E-state index in [4.69, 9.17) is 4.74 Å². The molecule has 1 fully saturated rings. The van der Waals surface area contributed by atoms with Crippen LogP contribution >= 0.6 is 0 Å². The van der Waals surface area contributed by atoms with Crippen molar-refractivity contribution < 1.29 is 27.5 Å². The van der Waals surface area contributed by atoms with Gasteiger partial charge in [-0.3, -0.25) is 14.4 Å². The Balaban J connectivity index is 1.68. The Morgan fingerprint density at radius 2 is 1.70 bits per heavy atom. The first-order valence-electron chi connectivity index (χ1n) is 14.8. The molecule has 12 heteroatoms. The van der Waals surface area contributed by atoms with E-state index in [1.807, 2.05) is 30.3 Å². The van der Waals surface area contributed by atoms with E-state index in [1.165, 1.54) is 33.0 Å². The first kappa shape index (κ1) is 31.3. The largest absolute Gasteiger partial charge is 0.497 e. The van der Waals surface area contributed by atoms with Crippen LogP contribution < -0.4 is 20.1 Å². The Labute approximate surface area is 257 Å². The first-order chi connectivity index (χ1) is 21.0.